The predicted octanol–water partition coefficient (Wildman–Crippen LogP) is 0.990. The van der Waals surface area contributed by atoms with Gasteiger partial charge in [0.25, 0.3) is 0 Å². The lowest BCUT2D eigenvalue weighted by molar-refractivity contribution is -0.143. The molecule has 15 heteroatoms. The molecule has 308 valence electrons. The van der Waals surface area contributed by atoms with Crippen LogP contribution in [-0.4, -0.2) is 106 Å². The van der Waals surface area contributed by atoms with E-state index in [1.165, 1.54) is 25.8 Å². The third kappa shape index (κ3) is 11.3. The molecule has 5 rings (SSSR count). The summed E-state index contributed by atoms with van der Waals surface area (Å²) in [7, 11) is 1.42. The van der Waals surface area contributed by atoms with Gasteiger partial charge in [0.05, 0.1) is 6.10 Å². The summed E-state index contributed by atoms with van der Waals surface area (Å²) < 4.78 is 0. The Kier molecular flexibility index (Phi) is 15.1. The summed E-state index contributed by atoms with van der Waals surface area (Å²) in [5.74, 6) is -4.21. The van der Waals surface area contributed by atoms with Crippen molar-refractivity contribution in [1.82, 2.24) is 36.5 Å². The van der Waals surface area contributed by atoms with Crippen LogP contribution in [0.1, 0.15) is 49.8 Å². The smallest absolute Gasteiger partial charge is 0.245 e. The van der Waals surface area contributed by atoms with Gasteiger partial charge in [0.1, 0.15) is 36.3 Å². The van der Waals surface area contributed by atoms with Crippen LogP contribution in [0.2, 0.25) is 0 Å². The summed E-state index contributed by atoms with van der Waals surface area (Å²) in [6.45, 7) is 3.13. The number of rotatable bonds is 11. The molecule has 1 aliphatic heterocycles. The maximum absolute atomic E-state index is 14.4. The van der Waals surface area contributed by atoms with Gasteiger partial charge < -0.3 is 47.3 Å². The Morgan fingerprint density at radius 3 is 1.84 bits per heavy atom. The van der Waals surface area contributed by atoms with Crippen molar-refractivity contribution in [2.24, 2.45) is 5.73 Å². The third-order valence-electron chi connectivity index (χ3n) is 10.4. The highest BCUT2D eigenvalue weighted by molar-refractivity contribution is 5.98. The minimum absolute atomic E-state index is 0.0135. The molecule has 58 heavy (non-hydrogen) atoms. The molecule has 2 heterocycles. The van der Waals surface area contributed by atoms with Crippen LogP contribution < -0.4 is 32.3 Å². The SMILES string of the molecule is C[C@H]1NC(=O)[C@@H](Cc2ccccc2)NC(=O)[C@@H](Cc2c[nH]c3ccccc23)NC(=O)[C@H](CCCCN)NC(=O)[C@@H]([C@@H](C)O)NC(=O)[C@@H](Cc2ccccc2)N(C)C1=O. The second-order valence-corrected chi connectivity index (χ2v) is 14.8. The number of para-hydroxylation sites is 1. The van der Waals surface area contributed by atoms with Gasteiger partial charge >= 0.3 is 0 Å². The molecule has 0 aliphatic carbocycles. The van der Waals surface area contributed by atoms with Gasteiger partial charge in [-0.2, -0.15) is 0 Å². The first kappa shape index (κ1) is 43.1. The number of carbonyl (C=O) groups excluding carboxylic acids is 6. The Balaban J connectivity index is 1.56. The Morgan fingerprint density at radius 1 is 0.655 bits per heavy atom. The van der Waals surface area contributed by atoms with E-state index in [4.69, 9.17) is 5.73 Å². The lowest BCUT2D eigenvalue weighted by atomic mass is 10.00. The fourth-order valence-corrected chi connectivity index (χ4v) is 7.09. The van der Waals surface area contributed by atoms with E-state index in [0.717, 1.165) is 22.0 Å². The van der Waals surface area contributed by atoms with E-state index in [1.54, 1.807) is 54.7 Å². The van der Waals surface area contributed by atoms with Crippen molar-refractivity contribution in [3.8, 4) is 0 Å². The van der Waals surface area contributed by atoms with E-state index in [2.05, 4.69) is 31.6 Å². The van der Waals surface area contributed by atoms with Crippen molar-refractivity contribution < 1.29 is 33.9 Å². The van der Waals surface area contributed by atoms with Gasteiger partial charge in [0.15, 0.2) is 0 Å². The molecule has 1 fully saturated rings. The molecule has 6 amide bonds. The summed E-state index contributed by atoms with van der Waals surface area (Å²) >= 11 is 0. The molecule has 1 saturated heterocycles. The molecule has 0 radical (unpaired) electrons. The normalized spacial score (nSPS) is 23.5. The lowest BCUT2D eigenvalue weighted by Crippen LogP contribution is -2.63. The molecule has 0 unspecified atom stereocenters. The first-order chi connectivity index (χ1) is 27.9. The van der Waals surface area contributed by atoms with E-state index in [0.29, 0.717) is 24.9 Å². The minimum atomic E-state index is -1.53. The number of nitrogens with one attached hydrogen (secondary N) is 6. The zero-order valence-corrected chi connectivity index (χ0v) is 33.1. The van der Waals surface area contributed by atoms with Crippen LogP contribution in [0.5, 0.6) is 0 Å². The van der Waals surface area contributed by atoms with Crippen molar-refractivity contribution in [2.45, 2.75) is 94.7 Å². The van der Waals surface area contributed by atoms with Crippen molar-refractivity contribution in [3.63, 3.8) is 0 Å². The fraction of sp³-hybridized carbons (Fsp3) is 0.395. The van der Waals surface area contributed by atoms with Crippen LogP contribution in [0, 0.1) is 0 Å². The average Bonchev–Trinajstić information content (AvgIpc) is 3.63. The number of hydrogen-bond donors (Lipinski definition) is 8. The van der Waals surface area contributed by atoms with Crippen molar-refractivity contribution in [1.29, 1.82) is 0 Å². The number of likely N-dealkylation sites (N-methyl/N-ethyl adjacent to an activating group) is 1. The molecule has 0 saturated carbocycles. The number of aromatic nitrogens is 1. The summed E-state index contributed by atoms with van der Waals surface area (Å²) in [4.78, 5) is 89.2. The predicted molar refractivity (Wildman–Crippen MR) is 219 cm³/mol. The van der Waals surface area contributed by atoms with E-state index in [1.807, 2.05) is 36.4 Å². The van der Waals surface area contributed by atoms with Crippen LogP contribution in [0.15, 0.2) is 91.1 Å². The number of aromatic amines is 1. The fourth-order valence-electron chi connectivity index (χ4n) is 7.09. The molecular weight excluding hydrogens is 741 g/mol. The zero-order chi connectivity index (χ0) is 41.8. The lowest BCUT2D eigenvalue weighted by Gasteiger charge is -2.33. The van der Waals surface area contributed by atoms with E-state index < -0.39 is 77.8 Å². The summed E-state index contributed by atoms with van der Waals surface area (Å²) in [6.07, 6.45) is 1.53. The van der Waals surface area contributed by atoms with Crippen LogP contribution in [0.25, 0.3) is 10.9 Å². The van der Waals surface area contributed by atoms with E-state index in [9.17, 15) is 33.9 Å². The number of aliphatic hydroxyl groups is 1. The largest absolute Gasteiger partial charge is 0.391 e. The first-order valence-electron chi connectivity index (χ1n) is 19.7. The number of fused-ring (bicyclic) bond motifs is 1. The highest BCUT2D eigenvalue weighted by atomic mass is 16.3. The van der Waals surface area contributed by atoms with Crippen LogP contribution in [-0.2, 0) is 48.0 Å². The molecule has 4 aromatic rings. The maximum atomic E-state index is 14.4. The monoisotopic (exact) mass is 794 g/mol. The number of unbranched alkanes of at least 4 members (excludes halogenated alkanes) is 1. The summed E-state index contributed by atoms with van der Waals surface area (Å²) in [5, 5.41) is 25.4. The molecule has 0 bridgehead atoms. The van der Waals surface area contributed by atoms with Crippen molar-refractivity contribution in [2.75, 3.05) is 13.6 Å². The van der Waals surface area contributed by atoms with Gasteiger partial charge in [0.2, 0.25) is 35.4 Å². The van der Waals surface area contributed by atoms with Gasteiger partial charge in [-0.3, -0.25) is 28.8 Å². The van der Waals surface area contributed by atoms with Gasteiger partial charge in [-0.05, 0) is 62.4 Å². The highest BCUT2D eigenvalue weighted by Crippen LogP contribution is 2.20. The maximum Gasteiger partial charge on any atom is 0.245 e. The number of nitrogens with two attached hydrogens (primary N) is 1. The van der Waals surface area contributed by atoms with Gasteiger partial charge in [-0.15, -0.1) is 0 Å². The highest BCUT2D eigenvalue weighted by Gasteiger charge is 2.37. The second kappa shape index (κ2) is 20.4. The average molecular weight is 795 g/mol. The topological polar surface area (TPSA) is 228 Å². The van der Waals surface area contributed by atoms with Crippen molar-refractivity contribution >= 4 is 46.3 Å². The molecule has 1 aliphatic rings. The number of H-pyrrole nitrogens is 1. The van der Waals surface area contributed by atoms with Crippen LogP contribution in [0.4, 0.5) is 0 Å². The quantitative estimate of drug-likeness (QED) is 0.102. The van der Waals surface area contributed by atoms with Gasteiger partial charge in [-0.25, -0.2) is 0 Å². The standard InChI is InChI=1S/C43H54N8O7/c1-26-43(58)51(3)36(23-29-16-8-5-9-17-29)41(56)50-37(27(2)52)42(57)47-33(20-12-13-21-44)38(53)49-35(24-30-25-45-32-19-11-10-18-31(30)32)40(55)48-34(39(54)46-26)22-28-14-6-4-7-15-28/h4-11,14-19,25-27,33-37,45,52H,12-13,20-24,44H2,1-3H3,(H,46,54)(H,47,57)(H,48,55)(H,49,53)(H,50,56)/t26-,27-,33+,34-,35-,36-,37-/m1/s1. The Hall–Kier alpha value is -6.06. The second-order valence-electron chi connectivity index (χ2n) is 14.8. The van der Waals surface area contributed by atoms with Crippen molar-refractivity contribution in [3.05, 3.63) is 108 Å². The molecule has 0 spiro atoms. The number of amides is 6. The molecule has 1 aromatic heterocycles. The van der Waals surface area contributed by atoms with E-state index >= 15 is 0 Å². The molecular formula is C43H54N8O7. The Bertz CT molecular complexity index is 2040. The van der Waals surface area contributed by atoms with Gasteiger partial charge in [-0.1, -0.05) is 78.9 Å². The zero-order valence-electron chi connectivity index (χ0n) is 33.1. The van der Waals surface area contributed by atoms with Gasteiger partial charge in [0, 0.05) is 43.4 Å². The Labute approximate surface area is 337 Å². The molecule has 7 atom stereocenters. The summed E-state index contributed by atoms with van der Waals surface area (Å²) in [5.41, 5.74) is 8.74. The first-order valence-corrected chi connectivity index (χ1v) is 19.7. The minimum Gasteiger partial charge on any atom is -0.391 e. The number of hydrogen-bond acceptors (Lipinski definition) is 8. The molecule has 3 aromatic carbocycles. The van der Waals surface area contributed by atoms with Crippen LogP contribution in [0.3, 0.4) is 0 Å². The number of aliphatic hydroxyl groups excluding tert-OH is 1. The van der Waals surface area contributed by atoms with E-state index in [-0.39, 0.29) is 25.7 Å². The number of benzene rings is 3. The number of carbonyl (C=O) groups is 6. The Morgan fingerprint density at radius 2 is 1.21 bits per heavy atom. The van der Waals surface area contributed by atoms with Crippen LogP contribution >= 0.6 is 0 Å². The molecule has 15 nitrogen and oxygen atoms in total. The third-order valence-corrected chi connectivity index (χ3v) is 10.4. The number of nitrogens with zero attached hydrogens (tertiary/aromatic N) is 1. The summed E-state index contributed by atoms with van der Waals surface area (Å²) in [6, 6.07) is 18.0. The molecule has 9 N–H and O–H groups in total.